The Kier molecular flexibility index (Phi) is 7.64. The Morgan fingerprint density at radius 2 is 1.83 bits per heavy atom. The summed E-state index contributed by atoms with van der Waals surface area (Å²) in [4.78, 5) is 27.2. The normalized spacial score (nSPS) is 19.9. The fourth-order valence-corrected chi connectivity index (χ4v) is 4.66. The molecule has 2 atom stereocenters. The molecule has 0 radical (unpaired) electrons. The molecule has 36 heavy (non-hydrogen) atoms. The molecule has 2 saturated heterocycles. The summed E-state index contributed by atoms with van der Waals surface area (Å²) < 4.78 is 5.77. The number of rotatable bonds is 8. The number of nitrogens with one attached hydrogen (secondary N) is 2. The Morgan fingerprint density at radius 3 is 2.56 bits per heavy atom. The first-order valence-electron chi connectivity index (χ1n) is 12.5. The first-order chi connectivity index (χ1) is 17.6. The minimum Gasteiger partial charge on any atom is -0.375 e. The molecule has 2 fully saturated rings. The van der Waals surface area contributed by atoms with Gasteiger partial charge in [0.25, 0.3) is 0 Å². The molecule has 2 aliphatic rings. The molecule has 2 amide bonds. The summed E-state index contributed by atoms with van der Waals surface area (Å²) in [5, 5.41) is 14.6. The molecule has 1 aromatic heterocycles. The van der Waals surface area contributed by atoms with E-state index in [0.29, 0.717) is 12.4 Å². The molecular formula is C28H31N5O3. The third kappa shape index (κ3) is 6.13. The molecule has 3 aromatic rings. The van der Waals surface area contributed by atoms with Crippen molar-refractivity contribution >= 4 is 23.3 Å². The molecule has 5 rings (SSSR count). The van der Waals surface area contributed by atoms with Gasteiger partial charge < -0.3 is 20.3 Å². The summed E-state index contributed by atoms with van der Waals surface area (Å²) in [5.74, 6) is -0.294. The molecule has 2 N–H and O–H groups in total. The van der Waals surface area contributed by atoms with Crippen molar-refractivity contribution in [3.05, 3.63) is 83.6 Å². The number of aryl methyl sites for hydroxylation is 2. The lowest BCUT2D eigenvalue weighted by Gasteiger charge is -2.24. The van der Waals surface area contributed by atoms with Crippen molar-refractivity contribution in [1.29, 1.82) is 0 Å². The Labute approximate surface area is 211 Å². The second kappa shape index (κ2) is 11.4. The van der Waals surface area contributed by atoms with E-state index in [0.717, 1.165) is 50.3 Å². The zero-order valence-corrected chi connectivity index (χ0v) is 20.2. The highest BCUT2D eigenvalue weighted by Crippen LogP contribution is 2.26. The molecule has 0 aliphatic carbocycles. The van der Waals surface area contributed by atoms with Gasteiger partial charge in [0.15, 0.2) is 5.82 Å². The molecule has 2 aliphatic heterocycles. The number of amides is 2. The molecule has 0 spiro atoms. The molecule has 3 heterocycles. The van der Waals surface area contributed by atoms with Crippen LogP contribution in [0.25, 0.3) is 0 Å². The topological polar surface area (TPSA) is 96.5 Å². The zero-order chi connectivity index (χ0) is 24.7. The van der Waals surface area contributed by atoms with Crippen LogP contribution in [0, 0.1) is 5.92 Å². The minimum absolute atomic E-state index is 0.0509. The van der Waals surface area contributed by atoms with Crippen molar-refractivity contribution in [2.75, 3.05) is 36.5 Å². The average Bonchev–Trinajstić information content (AvgIpc) is 3.31. The largest absolute Gasteiger partial charge is 0.375 e. The van der Waals surface area contributed by atoms with Gasteiger partial charge in [-0.1, -0.05) is 42.5 Å². The van der Waals surface area contributed by atoms with Crippen molar-refractivity contribution in [2.45, 2.75) is 31.8 Å². The van der Waals surface area contributed by atoms with Crippen molar-refractivity contribution in [2.24, 2.45) is 5.92 Å². The van der Waals surface area contributed by atoms with E-state index < -0.39 is 5.92 Å². The van der Waals surface area contributed by atoms with Crippen LogP contribution in [0.2, 0.25) is 0 Å². The number of morpholine rings is 1. The molecular weight excluding hydrogens is 454 g/mol. The monoisotopic (exact) mass is 485 g/mol. The molecule has 186 valence electrons. The predicted octanol–water partition coefficient (Wildman–Crippen LogP) is 2.78. The van der Waals surface area contributed by atoms with E-state index in [2.05, 4.69) is 33.0 Å². The lowest BCUT2D eigenvalue weighted by atomic mass is 10.1. The van der Waals surface area contributed by atoms with Gasteiger partial charge in [0, 0.05) is 31.7 Å². The number of hydrogen-bond donors (Lipinski definition) is 2. The number of anilines is 2. The lowest BCUT2D eigenvalue weighted by Crippen LogP contribution is -2.39. The van der Waals surface area contributed by atoms with Gasteiger partial charge >= 0.3 is 0 Å². The van der Waals surface area contributed by atoms with Crippen molar-refractivity contribution in [1.82, 2.24) is 15.5 Å². The van der Waals surface area contributed by atoms with Gasteiger partial charge in [0.2, 0.25) is 11.8 Å². The predicted molar refractivity (Wildman–Crippen MR) is 138 cm³/mol. The molecule has 8 heteroatoms. The van der Waals surface area contributed by atoms with Crippen LogP contribution in [-0.4, -0.2) is 54.4 Å². The number of carbonyl (C=O) groups excluding carboxylic acids is 2. The van der Waals surface area contributed by atoms with E-state index in [-0.39, 0.29) is 24.3 Å². The van der Waals surface area contributed by atoms with Crippen LogP contribution in [0.3, 0.4) is 0 Å². The van der Waals surface area contributed by atoms with Gasteiger partial charge in [-0.25, -0.2) is 0 Å². The quantitative estimate of drug-likeness (QED) is 0.509. The summed E-state index contributed by atoms with van der Waals surface area (Å²) in [6.07, 6.45) is 2.84. The molecule has 2 aromatic carbocycles. The second-order valence-electron chi connectivity index (χ2n) is 9.36. The Balaban J connectivity index is 1.12. The second-order valence-corrected chi connectivity index (χ2v) is 9.36. The highest BCUT2D eigenvalue weighted by atomic mass is 16.5. The number of ether oxygens (including phenoxy) is 1. The highest BCUT2D eigenvalue weighted by Gasteiger charge is 2.35. The van der Waals surface area contributed by atoms with Crippen LogP contribution in [0.1, 0.15) is 23.2 Å². The maximum Gasteiger partial charge on any atom is 0.231 e. The van der Waals surface area contributed by atoms with Gasteiger partial charge in [-0.2, -0.15) is 5.10 Å². The smallest absolute Gasteiger partial charge is 0.231 e. The van der Waals surface area contributed by atoms with E-state index in [1.165, 1.54) is 11.1 Å². The van der Waals surface area contributed by atoms with Crippen molar-refractivity contribution in [3.63, 3.8) is 0 Å². The first-order valence-corrected chi connectivity index (χ1v) is 12.5. The third-order valence-electron chi connectivity index (χ3n) is 6.70. The van der Waals surface area contributed by atoms with Crippen LogP contribution in [0.15, 0.2) is 66.7 Å². The van der Waals surface area contributed by atoms with E-state index in [4.69, 9.17) is 4.74 Å². The molecule has 0 bridgehead atoms. The van der Waals surface area contributed by atoms with Crippen molar-refractivity contribution < 1.29 is 14.3 Å². The summed E-state index contributed by atoms with van der Waals surface area (Å²) in [6.45, 7) is 2.83. The van der Waals surface area contributed by atoms with E-state index in [1.54, 1.807) is 11.0 Å². The fourth-order valence-electron chi connectivity index (χ4n) is 4.66. The van der Waals surface area contributed by atoms with E-state index in [1.807, 2.05) is 48.5 Å². The Morgan fingerprint density at radius 1 is 1.00 bits per heavy atom. The lowest BCUT2D eigenvalue weighted by molar-refractivity contribution is -0.122. The fraction of sp³-hybridized carbons (Fsp3) is 0.357. The van der Waals surface area contributed by atoms with Crippen LogP contribution < -0.4 is 15.5 Å². The SMILES string of the molecule is O=C(Nc1ccc(CCc2ccccc2)nn1)C1CC(=O)N(c2ccc(CC3CNCCO3)cc2)C1. The van der Waals surface area contributed by atoms with Crippen LogP contribution in [-0.2, 0) is 33.6 Å². The van der Waals surface area contributed by atoms with Crippen molar-refractivity contribution in [3.8, 4) is 0 Å². The molecule has 8 nitrogen and oxygen atoms in total. The average molecular weight is 486 g/mol. The summed E-state index contributed by atoms with van der Waals surface area (Å²) in [5.41, 5.74) is 4.09. The highest BCUT2D eigenvalue weighted by molar-refractivity contribution is 6.03. The summed E-state index contributed by atoms with van der Waals surface area (Å²) >= 11 is 0. The number of nitrogens with zero attached hydrogens (tertiary/aromatic N) is 3. The molecule has 0 saturated carbocycles. The Bertz CT molecular complexity index is 1160. The van der Waals surface area contributed by atoms with Crippen LogP contribution >= 0.6 is 0 Å². The maximum absolute atomic E-state index is 12.8. The third-order valence-corrected chi connectivity index (χ3v) is 6.70. The van der Waals surface area contributed by atoms with Crippen LogP contribution in [0.4, 0.5) is 11.5 Å². The number of aromatic nitrogens is 2. The van der Waals surface area contributed by atoms with Gasteiger partial charge in [-0.3, -0.25) is 9.59 Å². The standard InChI is InChI=1S/C28H31N5O3/c34-27-17-22(19-33(27)24-11-7-21(8-12-24)16-25-18-29-14-15-36-25)28(35)30-26-13-10-23(31-32-26)9-6-20-4-2-1-3-5-20/h1-5,7-8,10-13,22,25,29H,6,9,14-19H2,(H,30,32,35). The minimum atomic E-state index is -0.432. The Hall–Kier alpha value is -3.62. The van der Waals surface area contributed by atoms with Crippen LogP contribution in [0.5, 0.6) is 0 Å². The van der Waals surface area contributed by atoms with E-state index >= 15 is 0 Å². The summed E-state index contributed by atoms with van der Waals surface area (Å²) in [7, 11) is 0. The zero-order valence-electron chi connectivity index (χ0n) is 20.2. The summed E-state index contributed by atoms with van der Waals surface area (Å²) in [6, 6.07) is 21.8. The van der Waals surface area contributed by atoms with Gasteiger partial charge in [-0.15, -0.1) is 5.10 Å². The van der Waals surface area contributed by atoms with E-state index in [9.17, 15) is 9.59 Å². The van der Waals surface area contributed by atoms with Gasteiger partial charge in [0.1, 0.15) is 0 Å². The van der Waals surface area contributed by atoms with Gasteiger partial charge in [0.05, 0.1) is 24.3 Å². The number of hydrogen-bond acceptors (Lipinski definition) is 6. The molecule has 2 unspecified atom stereocenters. The maximum atomic E-state index is 12.8. The van der Waals surface area contributed by atoms with Gasteiger partial charge in [-0.05, 0) is 54.7 Å². The number of carbonyl (C=O) groups is 2. The first kappa shape index (κ1) is 24.1. The number of benzene rings is 2.